The van der Waals surface area contributed by atoms with Crippen molar-refractivity contribution in [3.05, 3.63) is 83.4 Å². The average molecular weight is 600 g/mol. The molecule has 218 valence electrons. The normalized spacial score (nSPS) is 14.0. The summed E-state index contributed by atoms with van der Waals surface area (Å²) in [7, 11) is -4.20. The van der Waals surface area contributed by atoms with E-state index in [1.165, 1.54) is 17.0 Å². The number of sulfonamides is 1. The number of amides is 2. The molecule has 1 aliphatic rings. The molecule has 0 bridgehead atoms. The minimum absolute atomic E-state index is 0.00790. The van der Waals surface area contributed by atoms with Gasteiger partial charge in [-0.25, -0.2) is 8.42 Å². The van der Waals surface area contributed by atoms with Gasteiger partial charge in [-0.2, -0.15) is 0 Å². The molecule has 11 heteroatoms. The lowest BCUT2D eigenvalue weighted by Gasteiger charge is -2.33. The molecule has 1 heterocycles. The highest BCUT2D eigenvalue weighted by molar-refractivity contribution is 7.92. The van der Waals surface area contributed by atoms with Crippen LogP contribution in [0.4, 0.5) is 5.69 Å². The Morgan fingerprint density at radius 3 is 2.29 bits per heavy atom. The predicted octanol–water partition coefficient (Wildman–Crippen LogP) is 4.64. The van der Waals surface area contributed by atoms with Crippen molar-refractivity contribution in [3.63, 3.8) is 0 Å². The van der Waals surface area contributed by atoms with Gasteiger partial charge in [-0.15, -0.1) is 0 Å². The maximum atomic E-state index is 14.1. The van der Waals surface area contributed by atoms with E-state index in [9.17, 15) is 18.0 Å². The highest BCUT2D eigenvalue weighted by Crippen LogP contribution is 2.36. The zero-order chi connectivity index (χ0) is 29.6. The SMILES string of the molecule is CCC(C)NC(=O)C(C)N(Cc1ccccc1Cl)C(=O)CN(c1ccc2c(c1)OCCO2)S(=O)(=O)c1ccccc1. The summed E-state index contributed by atoms with van der Waals surface area (Å²) in [6.07, 6.45) is 0.712. The van der Waals surface area contributed by atoms with Crippen LogP contribution in [0.5, 0.6) is 11.5 Å². The first-order valence-corrected chi connectivity index (χ1v) is 15.2. The Morgan fingerprint density at radius 2 is 1.61 bits per heavy atom. The topological polar surface area (TPSA) is 105 Å². The standard InChI is InChI=1S/C30H34ClN3O6S/c1-4-21(2)32-30(36)22(3)33(19-23-10-8-9-13-26(23)31)29(35)20-34(41(37,38)25-11-6-5-7-12-25)24-14-15-27-28(18-24)40-17-16-39-27/h5-15,18,21-22H,4,16-17,19-20H2,1-3H3,(H,32,36). The van der Waals surface area contributed by atoms with E-state index in [0.29, 0.717) is 41.7 Å². The lowest BCUT2D eigenvalue weighted by atomic mass is 10.1. The molecule has 0 radical (unpaired) electrons. The number of ether oxygens (including phenoxy) is 2. The first-order chi connectivity index (χ1) is 19.6. The third-order valence-electron chi connectivity index (χ3n) is 6.89. The fraction of sp³-hybridized carbons (Fsp3) is 0.333. The monoisotopic (exact) mass is 599 g/mol. The lowest BCUT2D eigenvalue weighted by molar-refractivity contribution is -0.139. The number of fused-ring (bicyclic) bond motifs is 1. The maximum Gasteiger partial charge on any atom is 0.264 e. The highest BCUT2D eigenvalue weighted by atomic mass is 35.5. The fourth-order valence-electron chi connectivity index (χ4n) is 4.29. The first kappa shape index (κ1) is 30.2. The third-order valence-corrected chi connectivity index (χ3v) is 9.05. The van der Waals surface area contributed by atoms with Gasteiger partial charge in [0.05, 0.1) is 10.6 Å². The van der Waals surface area contributed by atoms with Crippen molar-refractivity contribution in [2.45, 2.75) is 50.7 Å². The summed E-state index contributed by atoms with van der Waals surface area (Å²) in [5.74, 6) is -0.0644. The van der Waals surface area contributed by atoms with Crippen LogP contribution in [0.25, 0.3) is 0 Å². The van der Waals surface area contributed by atoms with Gasteiger partial charge < -0.3 is 19.7 Å². The van der Waals surface area contributed by atoms with Crippen molar-refractivity contribution in [3.8, 4) is 11.5 Å². The maximum absolute atomic E-state index is 14.1. The fourth-order valence-corrected chi connectivity index (χ4v) is 5.92. The lowest BCUT2D eigenvalue weighted by Crippen LogP contribution is -2.52. The molecular formula is C30H34ClN3O6S. The molecule has 1 aliphatic heterocycles. The molecule has 41 heavy (non-hydrogen) atoms. The molecule has 2 atom stereocenters. The molecule has 0 saturated heterocycles. The number of benzene rings is 3. The van der Waals surface area contributed by atoms with Gasteiger partial charge in [0, 0.05) is 23.7 Å². The zero-order valence-corrected chi connectivity index (χ0v) is 24.8. The van der Waals surface area contributed by atoms with Crippen LogP contribution in [-0.4, -0.2) is 57.0 Å². The molecule has 0 fully saturated rings. The average Bonchev–Trinajstić information content (AvgIpc) is 2.99. The van der Waals surface area contributed by atoms with E-state index in [4.69, 9.17) is 21.1 Å². The molecule has 3 aromatic carbocycles. The zero-order valence-electron chi connectivity index (χ0n) is 23.2. The van der Waals surface area contributed by atoms with Gasteiger partial charge in [0.25, 0.3) is 10.0 Å². The Kier molecular flexibility index (Phi) is 9.77. The van der Waals surface area contributed by atoms with Gasteiger partial charge in [0.1, 0.15) is 25.8 Å². The number of carbonyl (C=O) groups excluding carboxylic acids is 2. The number of hydrogen-bond donors (Lipinski definition) is 1. The van der Waals surface area contributed by atoms with Crippen LogP contribution in [0.1, 0.15) is 32.8 Å². The van der Waals surface area contributed by atoms with Crippen molar-refractivity contribution in [2.24, 2.45) is 0 Å². The highest BCUT2D eigenvalue weighted by Gasteiger charge is 2.33. The third kappa shape index (κ3) is 7.12. The number of anilines is 1. The predicted molar refractivity (Wildman–Crippen MR) is 158 cm³/mol. The summed E-state index contributed by atoms with van der Waals surface area (Å²) in [6, 6.07) is 18.6. The second-order valence-electron chi connectivity index (χ2n) is 9.76. The van der Waals surface area contributed by atoms with Crippen LogP contribution < -0.4 is 19.1 Å². The van der Waals surface area contributed by atoms with Crippen molar-refractivity contribution in [2.75, 3.05) is 24.1 Å². The molecule has 0 aromatic heterocycles. The summed E-state index contributed by atoms with van der Waals surface area (Å²) < 4.78 is 40.2. The van der Waals surface area contributed by atoms with Crippen LogP contribution in [0.15, 0.2) is 77.7 Å². The molecule has 0 spiro atoms. The van der Waals surface area contributed by atoms with E-state index < -0.39 is 28.5 Å². The van der Waals surface area contributed by atoms with Crippen molar-refractivity contribution in [1.82, 2.24) is 10.2 Å². The van der Waals surface area contributed by atoms with Crippen LogP contribution in [0.2, 0.25) is 5.02 Å². The van der Waals surface area contributed by atoms with Gasteiger partial charge in [-0.3, -0.25) is 13.9 Å². The molecule has 0 aliphatic carbocycles. The molecule has 1 N–H and O–H groups in total. The number of nitrogens with zero attached hydrogens (tertiary/aromatic N) is 2. The van der Waals surface area contributed by atoms with E-state index >= 15 is 0 Å². The van der Waals surface area contributed by atoms with Crippen LogP contribution in [-0.2, 0) is 26.2 Å². The molecule has 0 saturated carbocycles. The van der Waals surface area contributed by atoms with Crippen LogP contribution >= 0.6 is 11.6 Å². The molecule has 4 rings (SSSR count). The Bertz CT molecular complexity index is 1480. The van der Waals surface area contributed by atoms with Crippen molar-refractivity contribution < 1.29 is 27.5 Å². The van der Waals surface area contributed by atoms with E-state index in [-0.39, 0.29) is 29.1 Å². The van der Waals surface area contributed by atoms with Gasteiger partial charge in [0.15, 0.2) is 11.5 Å². The smallest absolute Gasteiger partial charge is 0.264 e. The summed E-state index contributed by atoms with van der Waals surface area (Å²) in [6.45, 7) is 5.57. The second-order valence-corrected chi connectivity index (χ2v) is 12.0. The quantitative estimate of drug-likeness (QED) is 0.344. The largest absolute Gasteiger partial charge is 0.486 e. The summed E-state index contributed by atoms with van der Waals surface area (Å²) in [5, 5.41) is 3.34. The number of halogens is 1. The Labute approximate surface area is 246 Å². The minimum Gasteiger partial charge on any atom is -0.486 e. The number of hydrogen-bond acceptors (Lipinski definition) is 6. The summed E-state index contributed by atoms with van der Waals surface area (Å²) in [5.41, 5.74) is 0.850. The minimum atomic E-state index is -4.20. The van der Waals surface area contributed by atoms with Gasteiger partial charge in [0.2, 0.25) is 11.8 Å². The van der Waals surface area contributed by atoms with Crippen molar-refractivity contribution in [1.29, 1.82) is 0 Å². The second kappa shape index (κ2) is 13.3. The number of nitrogens with one attached hydrogen (secondary N) is 1. The Balaban J connectivity index is 1.73. The number of carbonyl (C=O) groups is 2. The Morgan fingerprint density at radius 1 is 0.951 bits per heavy atom. The van der Waals surface area contributed by atoms with Gasteiger partial charge in [-0.1, -0.05) is 54.9 Å². The van der Waals surface area contributed by atoms with E-state index in [0.717, 1.165) is 4.31 Å². The van der Waals surface area contributed by atoms with E-state index in [2.05, 4.69) is 5.32 Å². The Hall–Kier alpha value is -3.76. The van der Waals surface area contributed by atoms with E-state index in [1.54, 1.807) is 67.6 Å². The van der Waals surface area contributed by atoms with Crippen LogP contribution in [0.3, 0.4) is 0 Å². The van der Waals surface area contributed by atoms with Gasteiger partial charge >= 0.3 is 0 Å². The van der Waals surface area contributed by atoms with Crippen molar-refractivity contribution >= 4 is 39.1 Å². The molecule has 3 aromatic rings. The number of rotatable bonds is 11. The molecule has 2 unspecified atom stereocenters. The summed E-state index contributed by atoms with van der Waals surface area (Å²) >= 11 is 6.42. The molecular weight excluding hydrogens is 566 g/mol. The molecule has 2 amide bonds. The van der Waals surface area contributed by atoms with E-state index in [1.807, 2.05) is 13.8 Å². The molecule has 9 nitrogen and oxygen atoms in total. The van der Waals surface area contributed by atoms with Gasteiger partial charge in [-0.05, 0) is 56.2 Å². The first-order valence-electron chi connectivity index (χ1n) is 13.4. The van der Waals surface area contributed by atoms with Crippen LogP contribution in [0, 0.1) is 0 Å². The summed E-state index contributed by atoms with van der Waals surface area (Å²) in [4.78, 5) is 28.6.